The van der Waals surface area contributed by atoms with Crippen LogP contribution in [0.4, 0.5) is 5.69 Å². The summed E-state index contributed by atoms with van der Waals surface area (Å²) in [5, 5.41) is 3.20. The van der Waals surface area contributed by atoms with E-state index in [1.54, 1.807) is 24.3 Å². The van der Waals surface area contributed by atoms with Crippen LogP contribution in [0.25, 0.3) is 11.0 Å². The van der Waals surface area contributed by atoms with E-state index in [9.17, 15) is 9.59 Å². The quantitative estimate of drug-likeness (QED) is 0.784. The van der Waals surface area contributed by atoms with Gasteiger partial charge in [-0.15, -0.1) is 0 Å². The van der Waals surface area contributed by atoms with Crippen LogP contribution in [0, 0.1) is 13.8 Å². The number of anilines is 1. The van der Waals surface area contributed by atoms with E-state index in [0.717, 1.165) is 11.1 Å². The zero-order valence-electron chi connectivity index (χ0n) is 12.3. The summed E-state index contributed by atoms with van der Waals surface area (Å²) in [5.74, 6) is -0.432. The number of nitrogens with one attached hydrogen (secondary N) is 1. The molecule has 4 heteroatoms. The van der Waals surface area contributed by atoms with Crippen LogP contribution in [0.15, 0.2) is 57.7 Å². The van der Waals surface area contributed by atoms with Crippen molar-refractivity contribution >= 4 is 22.6 Å². The molecule has 0 unspecified atom stereocenters. The van der Waals surface area contributed by atoms with E-state index in [1.807, 2.05) is 32.0 Å². The minimum Gasteiger partial charge on any atom is -0.450 e. The van der Waals surface area contributed by atoms with E-state index in [-0.39, 0.29) is 11.2 Å². The second-order valence-electron chi connectivity index (χ2n) is 5.25. The Morgan fingerprint density at radius 2 is 1.77 bits per heavy atom. The molecule has 3 rings (SSSR count). The first-order valence-electron chi connectivity index (χ1n) is 6.96. The van der Waals surface area contributed by atoms with Gasteiger partial charge in [-0.1, -0.05) is 29.8 Å². The van der Waals surface area contributed by atoms with E-state index in [4.69, 9.17) is 4.42 Å². The van der Waals surface area contributed by atoms with Crippen molar-refractivity contribution in [2.75, 3.05) is 5.32 Å². The topological polar surface area (TPSA) is 59.3 Å². The largest absolute Gasteiger partial charge is 0.450 e. The maximum atomic E-state index is 12.3. The Balaban J connectivity index is 1.99. The molecule has 3 aromatic rings. The SMILES string of the molecule is Cc1ccc(NC(=O)c2cc(=O)c3cccc(C)c3o2)cc1. The molecule has 0 saturated heterocycles. The highest BCUT2D eigenvalue weighted by molar-refractivity contribution is 6.03. The van der Waals surface area contributed by atoms with E-state index >= 15 is 0 Å². The molecule has 0 fully saturated rings. The summed E-state index contributed by atoms with van der Waals surface area (Å²) in [7, 11) is 0. The molecule has 1 aromatic heterocycles. The normalized spacial score (nSPS) is 10.6. The molecule has 4 nitrogen and oxygen atoms in total. The van der Waals surface area contributed by atoms with Crippen LogP contribution < -0.4 is 10.7 Å². The number of hydrogen-bond donors (Lipinski definition) is 1. The van der Waals surface area contributed by atoms with Gasteiger partial charge in [0.1, 0.15) is 5.58 Å². The molecule has 0 aliphatic carbocycles. The summed E-state index contributed by atoms with van der Waals surface area (Å²) in [6, 6.07) is 14.0. The molecule has 0 saturated carbocycles. The first-order valence-corrected chi connectivity index (χ1v) is 6.96. The predicted molar refractivity (Wildman–Crippen MR) is 86.4 cm³/mol. The van der Waals surface area contributed by atoms with E-state index in [2.05, 4.69) is 5.32 Å². The van der Waals surface area contributed by atoms with Gasteiger partial charge in [-0.25, -0.2) is 0 Å². The number of fused-ring (bicyclic) bond motifs is 1. The van der Waals surface area contributed by atoms with Gasteiger partial charge in [-0.2, -0.15) is 0 Å². The van der Waals surface area contributed by atoms with E-state index in [1.165, 1.54) is 6.07 Å². The summed E-state index contributed by atoms with van der Waals surface area (Å²) in [5.41, 5.74) is 2.80. The smallest absolute Gasteiger partial charge is 0.291 e. The molecule has 110 valence electrons. The first kappa shape index (κ1) is 14.1. The molecular formula is C18H15NO3. The standard InChI is InChI=1S/C18H15NO3/c1-11-6-8-13(9-7-11)19-18(21)16-10-15(20)14-5-3-4-12(2)17(14)22-16/h3-10H,1-2H3,(H,19,21). The number of carbonyl (C=O) groups is 1. The highest BCUT2D eigenvalue weighted by Gasteiger charge is 2.13. The molecule has 1 amide bonds. The van der Waals surface area contributed by atoms with Crippen LogP contribution in [0.1, 0.15) is 21.7 Å². The highest BCUT2D eigenvalue weighted by atomic mass is 16.3. The Labute approximate surface area is 127 Å². The lowest BCUT2D eigenvalue weighted by Gasteiger charge is -2.06. The molecule has 0 aliphatic heterocycles. The van der Waals surface area contributed by atoms with Gasteiger partial charge in [0.15, 0.2) is 11.2 Å². The molecule has 0 aliphatic rings. The number of benzene rings is 2. The molecule has 22 heavy (non-hydrogen) atoms. The van der Waals surface area contributed by atoms with Gasteiger partial charge >= 0.3 is 0 Å². The van der Waals surface area contributed by atoms with E-state index < -0.39 is 5.91 Å². The van der Waals surface area contributed by atoms with E-state index in [0.29, 0.717) is 16.7 Å². The number of amides is 1. The van der Waals surface area contributed by atoms with Crippen LogP contribution in [0.5, 0.6) is 0 Å². The first-order chi connectivity index (χ1) is 10.5. The number of para-hydroxylation sites is 1. The number of aryl methyl sites for hydroxylation is 2. The zero-order chi connectivity index (χ0) is 15.7. The molecule has 0 radical (unpaired) electrons. The number of carbonyl (C=O) groups excluding carboxylic acids is 1. The van der Waals surface area contributed by atoms with Gasteiger partial charge in [0.2, 0.25) is 0 Å². The Bertz CT molecular complexity index is 908. The van der Waals surface area contributed by atoms with Crippen molar-refractivity contribution in [3.8, 4) is 0 Å². The Morgan fingerprint density at radius 1 is 1.05 bits per heavy atom. The molecule has 0 bridgehead atoms. The van der Waals surface area contributed by atoms with Gasteiger partial charge in [-0.3, -0.25) is 9.59 Å². The second-order valence-corrected chi connectivity index (χ2v) is 5.25. The number of rotatable bonds is 2. The molecule has 1 heterocycles. The number of hydrogen-bond acceptors (Lipinski definition) is 3. The zero-order valence-corrected chi connectivity index (χ0v) is 12.3. The summed E-state index contributed by atoms with van der Waals surface area (Å²) >= 11 is 0. The van der Waals surface area contributed by atoms with Crippen molar-refractivity contribution in [1.29, 1.82) is 0 Å². The van der Waals surface area contributed by atoms with Crippen LogP contribution in [0.2, 0.25) is 0 Å². The Hall–Kier alpha value is -2.88. The van der Waals surface area contributed by atoms with Crippen molar-refractivity contribution < 1.29 is 9.21 Å². The fourth-order valence-electron chi connectivity index (χ4n) is 2.26. The summed E-state index contributed by atoms with van der Waals surface area (Å²) in [6.45, 7) is 3.81. The second kappa shape index (κ2) is 5.48. The predicted octanol–water partition coefficient (Wildman–Crippen LogP) is 3.66. The van der Waals surface area contributed by atoms with Crippen LogP contribution in [-0.4, -0.2) is 5.91 Å². The third kappa shape index (κ3) is 2.63. The molecule has 0 spiro atoms. The lowest BCUT2D eigenvalue weighted by atomic mass is 10.1. The van der Waals surface area contributed by atoms with Crippen molar-refractivity contribution in [3.05, 3.63) is 75.6 Å². The van der Waals surface area contributed by atoms with Crippen molar-refractivity contribution in [2.45, 2.75) is 13.8 Å². The van der Waals surface area contributed by atoms with Crippen molar-refractivity contribution in [3.63, 3.8) is 0 Å². The minimum atomic E-state index is -0.439. The molecule has 0 atom stereocenters. The summed E-state index contributed by atoms with van der Waals surface area (Å²) < 4.78 is 5.62. The van der Waals surface area contributed by atoms with Gasteiger partial charge in [0.25, 0.3) is 5.91 Å². The van der Waals surface area contributed by atoms with Gasteiger partial charge in [0.05, 0.1) is 5.39 Å². The van der Waals surface area contributed by atoms with Crippen molar-refractivity contribution in [2.24, 2.45) is 0 Å². The monoisotopic (exact) mass is 293 g/mol. The summed E-state index contributed by atoms with van der Waals surface area (Å²) in [6.07, 6.45) is 0. The molecule has 1 N–H and O–H groups in total. The average molecular weight is 293 g/mol. The molecular weight excluding hydrogens is 278 g/mol. The van der Waals surface area contributed by atoms with Gasteiger partial charge < -0.3 is 9.73 Å². The fourth-order valence-corrected chi connectivity index (χ4v) is 2.26. The highest BCUT2D eigenvalue weighted by Crippen LogP contribution is 2.17. The third-order valence-electron chi connectivity index (χ3n) is 3.48. The Kier molecular flexibility index (Phi) is 3.51. The van der Waals surface area contributed by atoms with Gasteiger partial charge in [0, 0.05) is 11.8 Å². The molecule has 2 aromatic carbocycles. The maximum Gasteiger partial charge on any atom is 0.291 e. The summed E-state index contributed by atoms with van der Waals surface area (Å²) in [4.78, 5) is 24.4. The van der Waals surface area contributed by atoms with Crippen molar-refractivity contribution in [1.82, 2.24) is 0 Å². The van der Waals surface area contributed by atoms with Crippen LogP contribution >= 0.6 is 0 Å². The maximum absolute atomic E-state index is 12.3. The lowest BCUT2D eigenvalue weighted by Crippen LogP contribution is -2.15. The van der Waals surface area contributed by atoms with Crippen LogP contribution in [0.3, 0.4) is 0 Å². The Morgan fingerprint density at radius 3 is 2.50 bits per heavy atom. The lowest BCUT2D eigenvalue weighted by molar-refractivity contribution is 0.0997. The average Bonchev–Trinajstić information content (AvgIpc) is 2.50. The van der Waals surface area contributed by atoms with Crippen LogP contribution in [-0.2, 0) is 0 Å². The third-order valence-corrected chi connectivity index (χ3v) is 3.48. The fraction of sp³-hybridized carbons (Fsp3) is 0.111. The minimum absolute atomic E-state index is 0.00683. The van der Waals surface area contributed by atoms with Gasteiger partial charge in [-0.05, 0) is 37.6 Å².